The molecule has 0 radical (unpaired) electrons. The highest BCUT2D eigenvalue weighted by atomic mass is 19.2. The molecule has 1 N–H and O–H groups in total. The van der Waals surface area contributed by atoms with Crippen molar-refractivity contribution in [3.8, 4) is 11.3 Å². The van der Waals surface area contributed by atoms with Gasteiger partial charge in [-0.2, -0.15) is 0 Å². The van der Waals surface area contributed by atoms with Crippen molar-refractivity contribution in [2.24, 2.45) is 0 Å². The van der Waals surface area contributed by atoms with Crippen LogP contribution in [0.25, 0.3) is 11.3 Å². The van der Waals surface area contributed by atoms with Gasteiger partial charge in [-0.05, 0) is 30.3 Å². The molecule has 0 amide bonds. The highest BCUT2D eigenvalue weighted by molar-refractivity contribution is 5.59. The van der Waals surface area contributed by atoms with Crippen LogP contribution < -0.4 is 5.32 Å². The van der Waals surface area contributed by atoms with Gasteiger partial charge in [0.25, 0.3) is 0 Å². The molecule has 3 nitrogen and oxygen atoms in total. The summed E-state index contributed by atoms with van der Waals surface area (Å²) in [7, 11) is 1.72. The van der Waals surface area contributed by atoms with E-state index in [-0.39, 0.29) is 0 Å². The van der Waals surface area contributed by atoms with E-state index in [1.165, 1.54) is 6.07 Å². The second kappa shape index (κ2) is 4.22. The third kappa shape index (κ3) is 1.98. The fraction of sp³-hybridized carbons (Fsp3) is 0.0909. The molecule has 1 heterocycles. The van der Waals surface area contributed by atoms with E-state index in [4.69, 9.17) is 0 Å². The monoisotopic (exact) mass is 221 g/mol. The molecule has 2 aromatic rings. The van der Waals surface area contributed by atoms with Crippen LogP contribution in [0.3, 0.4) is 0 Å². The molecule has 82 valence electrons. The number of rotatable bonds is 2. The Kier molecular flexibility index (Phi) is 2.76. The van der Waals surface area contributed by atoms with Gasteiger partial charge in [0.2, 0.25) is 0 Å². The number of halogens is 2. The summed E-state index contributed by atoms with van der Waals surface area (Å²) in [6.45, 7) is 0. The summed E-state index contributed by atoms with van der Waals surface area (Å²) in [4.78, 5) is 0. The van der Waals surface area contributed by atoms with Crippen molar-refractivity contribution in [3.63, 3.8) is 0 Å². The van der Waals surface area contributed by atoms with Crippen LogP contribution in [0.2, 0.25) is 0 Å². The molecule has 0 saturated heterocycles. The maximum absolute atomic E-state index is 13.0. The van der Waals surface area contributed by atoms with Crippen LogP contribution in [-0.4, -0.2) is 17.2 Å². The quantitative estimate of drug-likeness (QED) is 0.846. The average molecular weight is 221 g/mol. The third-order valence-electron chi connectivity index (χ3n) is 2.14. The summed E-state index contributed by atoms with van der Waals surface area (Å²) in [5.41, 5.74) is 0.993. The molecule has 0 bridgehead atoms. The third-order valence-corrected chi connectivity index (χ3v) is 2.14. The molecule has 0 fully saturated rings. The smallest absolute Gasteiger partial charge is 0.159 e. The average Bonchev–Trinajstić information content (AvgIpc) is 2.33. The summed E-state index contributed by atoms with van der Waals surface area (Å²) in [6, 6.07) is 7.02. The number of benzene rings is 1. The zero-order valence-electron chi connectivity index (χ0n) is 8.54. The first-order chi connectivity index (χ1) is 7.70. The lowest BCUT2D eigenvalue weighted by molar-refractivity contribution is 0.509. The molecule has 5 heteroatoms. The lowest BCUT2D eigenvalue weighted by atomic mass is 10.1. The molecule has 0 aliphatic heterocycles. The highest BCUT2D eigenvalue weighted by Crippen LogP contribution is 2.19. The second-order valence-electron chi connectivity index (χ2n) is 3.18. The van der Waals surface area contributed by atoms with Crippen LogP contribution in [0.4, 0.5) is 14.6 Å². The van der Waals surface area contributed by atoms with Gasteiger partial charge in [0.15, 0.2) is 11.6 Å². The van der Waals surface area contributed by atoms with Gasteiger partial charge in [-0.25, -0.2) is 8.78 Å². The molecule has 2 rings (SSSR count). The van der Waals surface area contributed by atoms with Crippen molar-refractivity contribution in [1.82, 2.24) is 10.2 Å². The molecule has 16 heavy (non-hydrogen) atoms. The maximum Gasteiger partial charge on any atom is 0.159 e. The van der Waals surface area contributed by atoms with Gasteiger partial charge in [0.05, 0.1) is 5.69 Å². The molecule has 0 spiro atoms. The van der Waals surface area contributed by atoms with Gasteiger partial charge in [0, 0.05) is 12.6 Å². The lowest BCUT2D eigenvalue weighted by Gasteiger charge is -2.02. The van der Waals surface area contributed by atoms with Gasteiger partial charge >= 0.3 is 0 Å². The highest BCUT2D eigenvalue weighted by Gasteiger charge is 2.05. The Labute approximate surface area is 91.1 Å². The first kappa shape index (κ1) is 10.5. The summed E-state index contributed by atoms with van der Waals surface area (Å²) >= 11 is 0. The second-order valence-corrected chi connectivity index (χ2v) is 3.18. The predicted molar refractivity (Wildman–Crippen MR) is 56.9 cm³/mol. The molecule has 0 aliphatic rings. The van der Waals surface area contributed by atoms with Gasteiger partial charge in [-0.3, -0.25) is 0 Å². The van der Waals surface area contributed by atoms with E-state index >= 15 is 0 Å². The van der Waals surface area contributed by atoms with Crippen molar-refractivity contribution < 1.29 is 8.78 Å². The SMILES string of the molecule is CNc1ccc(-c2ccc(F)c(F)c2)nn1. The van der Waals surface area contributed by atoms with Crippen LogP contribution in [0.5, 0.6) is 0 Å². The fourth-order valence-corrected chi connectivity index (χ4v) is 1.28. The van der Waals surface area contributed by atoms with Gasteiger partial charge in [-0.15, -0.1) is 10.2 Å². The van der Waals surface area contributed by atoms with Gasteiger partial charge in [0.1, 0.15) is 5.82 Å². The first-order valence-electron chi connectivity index (χ1n) is 4.67. The number of aromatic nitrogens is 2. The van der Waals surface area contributed by atoms with Gasteiger partial charge < -0.3 is 5.32 Å². The Morgan fingerprint density at radius 2 is 1.81 bits per heavy atom. The van der Waals surface area contributed by atoms with E-state index in [9.17, 15) is 8.78 Å². The molecular formula is C11H9F2N3. The number of anilines is 1. The number of hydrogen-bond donors (Lipinski definition) is 1. The predicted octanol–water partition coefficient (Wildman–Crippen LogP) is 2.46. The van der Waals surface area contributed by atoms with Crippen LogP contribution in [-0.2, 0) is 0 Å². The molecule has 0 atom stereocenters. The van der Waals surface area contributed by atoms with Crippen molar-refractivity contribution in [3.05, 3.63) is 42.0 Å². The summed E-state index contributed by atoms with van der Waals surface area (Å²) in [5, 5.41) is 10.6. The molecule has 1 aromatic carbocycles. The molecule has 0 saturated carbocycles. The largest absolute Gasteiger partial charge is 0.372 e. The van der Waals surface area contributed by atoms with Gasteiger partial charge in [-0.1, -0.05) is 0 Å². The van der Waals surface area contributed by atoms with E-state index in [1.54, 1.807) is 19.2 Å². The van der Waals surface area contributed by atoms with Crippen molar-refractivity contribution in [1.29, 1.82) is 0 Å². The summed E-state index contributed by atoms with van der Waals surface area (Å²) in [6.07, 6.45) is 0. The van der Waals surface area contributed by atoms with E-state index < -0.39 is 11.6 Å². The Hall–Kier alpha value is -2.04. The van der Waals surface area contributed by atoms with E-state index in [1.807, 2.05) is 0 Å². The van der Waals surface area contributed by atoms with Crippen LogP contribution in [0.15, 0.2) is 30.3 Å². The van der Waals surface area contributed by atoms with Crippen LogP contribution in [0.1, 0.15) is 0 Å². The number of nitrogens with one attached hydrogen (secondary N) is 1. The molecule has 0 unspecified atom stereocenters. The topological polar surface area (TPSA) is 37.8 Å². The molecule has 1 aromatic heterocycles. The van der Waals surface area contributed by atoms with Crippen molar-refractivity contribution in [2.75, 3.05) is 12.4 Å². The van der Waals surface area contributed by atoms with Crippen molar-refractivity contribution in [2.45, 2.75) is 0 Å². The first-order valence-corrected chi connectivity index (χ1v) is 4.67. The zero-order valence-corrected chi connectivity index (χ0v) is 8.54. The number of nitrogens with zero attached hydrogens (tertiary/aromatic N) is 2. The van der Waals surface area contributed by atoms with Crippen LogP contribution >= 0.6 is 0 Å². The number of hydrogen-bond acceptors (Lipinski definition) is 3. The molecular weight excluding hydrogens is 212 g/mol. The zero-order chi connectivity index (χ0) is 11.5. The van der Waals surface area contributed by atoms with Crippen LogP contribution in [0, 0.1) is 11.6 Å². The Morgan fingerprint density at radius 3 is 2.38 bits per heavy atom. The maximum atomic E-state index is 13.0. The van der Waals surface area contributed by atoms with E-state index in [0.29, 0.717) is 17.1 Å². The minimum absolute atomic E-state index is 0.494. The summed E-state index contributed by atoms with van der Waals surface area (Å²) < 4.78 is 25.7. The normalized spacial score (nSPS) is 10.2. The fourth-order valence-electron chi connectivity index (χ4n) is 1.28. The minimum Gasteiger partial charge on any atom is -0.372 e. The minimum atomic E-state index is -0.892. The lowest BCUT2D eigenvalue weighted by Crippen LogP contribution is -1.95. The Bertz CT molecular complexity index is 497. The Morgan fingerprint density at radius 1 is 1.00 bits per heavy atom. The molecule has 0 aliphatic carbocycles. The van der Waals surface area contributed by atoms with E-state index in [2.05, 4.69) is 15.5 Å². The summed E-state index contributed by atoms with van der Waals surface area (Å²) in [5.74, 6) is -1.15. The van der Waals surface area contributed by atoms with Crippen molar-refractivity contribution >= 4 is 5.82 Å². The van der Waals surface area contributed by atoms with E-state index in [0.717, 1.165) is 12.1 Å². The standard InChI is InChI=1S/C11H9F2N3/c1-14-11-5-4-10(15-16-11)7-2-3-8(12)9(13)6-7/h2-6H,1H3,(H,14,16). The Balaban J connectivity index is 2.38.